The predicted octanol–water partition coefficient (Wildman–Crippen LogP) is 1.99. The van der Waals surface area contributed by atoms with Gasteiger partial charge in [0.25, 0.3) is 0 Å². The zero-order chi connectivity index (χ0) is 10.7. The lowest BCUT2D eigenvalue weighted by Crippen LogP contribution is -2.05. The van der Waals surface area contributed by atoms with E-state index in [1.54, 1.807) is 24.7 Å². The van der Waals surface area contributed by atoms with Crippen molar-refractivity contribution in [1.29, 1.82) is 0 Å². The number of Topliss-reactive ketones (excluding diaryl/α,β-unsaturated/α-hetero) is 1. The van der Waals surface area contributed by atoms with E-state index in [0.717, 1.165) is 12.2 Å². The molecule has 0 aliphatic carbocycles. The van der Waals surface area contributed by atoms with Gasteiger partial charge in [-0.15, -0.1) is 0 Å². The summed E-state index contributed by atoms with van der Waals surface area (Å²) >= 11 is 0. The van der Waals surface area contributed by atoms with Crippen LogP contribution in [-0.4, -0.2) is 15.8 Å². The molecule has 0 unspecified atom stereocenters. The number of nitrogens with one attached hydrogen (secondary N) is 1. The maximum Gasteiger partial charge on any atom is 0.173 e. The van der Waals surface area contributed by atoms with Crippen LogP contribution in [0.1, 0.15) is 28.9 Å². The Kier molecular flexibility index (Phi) is 2.67. The Morgan fingerprint density at radius 3 is 3.13 bits per heavy atom. The second-order valence-electron chi connectivity index (χ2n) is 3.25. The number of aromatic nitrogens is 2. The van der Waals surface area contributed by atoms with Crippen LogP contribution in [0, 0.1) is 0 Å². The summed E-state index contributed by atoms with van der Waals surface area (Å²) < 4.78 is 5.20. The molecule has 4 nitrogen and oxygen atoms in total. The van der Waals surface area contributed by atoms with Crippen molar-refractivity contribution >= 4 is 5.78 Å². The van der Waals surface area contributed by atoms with Crippen molar-refractivity contribution in [3.63, 3.8) is 0 Å². The van der Waals surface area contributed by atoms with Gasteiger partial charge in [-0.05, 0) is 6.07 Å². The molecule has 0 atom stereocenters. The quantitative estimate of drug-likeness (QED) is 0.775. The van der Waals surface area contributed by atoms with Gasteiger partial charge in [-0.3, -0.25) is 4.79 Å². The van der Waals surface area contributed by atoms with Crippen molar-refractivity contribution in [2.75, 3.05) is 0 Å². The Labute approximate surface area is 87.3 Å². The molecule has 4 heteroatoms. The Bertz CT molecular complexity index is 443. The number of aryl methyl sites for hydroxylation is 1. The van der Waals surface area contributed by atoms with Crippen LogP contribution in [-0.2, 0) is 12.8 Å². The molecule has 0 saturated carbocycles. The van der Waals surface area contributed by atoms with Crippen molar-refractivity contribution in [2.24, 2.45) is 0 Å². The van der Waals surface area contributed by atoms with Crippen LogP contribution in [0.5, 0.6) is 0 Å². The first kappa shape index (κ1) is 9.71. The lowest BCUT2D eigenvalue weighted by atomic mass is 10.1. The average molecular weight is 204 g/mol. The van der Waals surface area contributed by atoms with Gasteiger partial charge in [0.2, 0.25) is 0 Å². The van der Waals surface area contributed by atoms with E-state index in [0.29, 0.717) is 17.8 Å². The molecule has 0 amide bonds. The summed E-state index contributed by atoms with van der Waals surface area (Å²) in [5.41, 5.74) is 0.661. The average Bonchev–Trinajstić information content (AvgIpc) is 2.86. The zero-order valence-corrected chi connectivity index (χ0v) is 8.49. The summed E-state index contributed by atoms with van der Waals surface area (Å²) in [5.74, 6) is 1.46. The highest BCUT2D eigenvalue weighted by atomic mass is 16.3. The molecule has 2 heterocycles. The van der Waals surface area contributed by atoms with Crippen LogP contribution in [0.3, 0.4) is 0 Å². The first-order valence-corrected chi connectivity index (χ1v) is 4.89. The number of imidazole rings is 1. The van der Waals surface area contributed by atoms with Crippen LogP contribution in [0.4, 0.5) is 0 Å². The second-order valence-corrected chi connectivity index (χ2v) is 3.25. The molecule has 2 aromatic heterocycles. The lowest BCUT2D eigenvalue weighted by Gasteiger charge is -1.97. The summed E-state index contributed by atoms with van der Waals surface area (Å²) in [4.78, 5) is 18.8. The van der Waals surface area contributed by atoms with Crippen LogP contribution in [0.25, 0.3) is 0 Å². The molecule has 0 aromatic carbocycles. The normalized spacial score (nSPS) is 10.5. The molecular weight excluding hydrogens is 192 g/mol. The molecule has 1 N–H and O–H groups in total. The third-order valence-corrected chi connectivity index (χ3v) is 2.25. The molecule has 0 bridgehead atoms. The fourth-order valence-electron chi connectivity index (χ4n) is 1.50. The van der Waals surface area contributed by atoms with Crippen LogP contribution < -0.4 is 0 Å². The predicted molar refractivity (Wildman–Crippen MR) is 54.7 cm³/mol. The van der Waals surface area contributed by atoms with E-state index in [1.165, 1.54) is 0 Å². The number of hydrogen-bond donors (Lipinski definition) is 1. The van der Waals surface area contributed by atoms with Gasteiger partial charge < -0.3 is 9.40 Å². The highest BCUT2D eigenvalue weighted by molar-refractivity contribution is 5.97. The van der Waals surface area contributed by atoms with Crippen molar-refractivity contribution < 1.29 is 9.21 Å². The molecule has 0 aliphatic heterocycles. The number of carbonyl (C=O) groups is 1. The van der Waals surface area contributed by atoms with Crippen LogP contribution in [0.2, 0.25) is 0 Å². The highest BCUT2D eigenvalue weighted by Crippen LogP contribution is 2.13. The number of rotatable bonds is 4. The Hall–Kier alpha value is -1.84. The van der Waals surface area contributed by atoms with Gasteiger partial charge >= 0.3 is 0 Å². The van der Waals surface area contributed by atoms with E-state index < -0.39 is 0 Å². The minimum Gasteiger partial charge on any atom is -0.469 e. The number of nitrogens with zero attached hydrogens (tertiary/aromatic N) is 1. The van der Waals surface area contributed by atoms with Crippen molar-refractivity contribution in [3.05, 3.63) is 41.9 Å². The number of carbonyl (C=O) groups excluding carboxylic acids is 1. The molecule has 0 spiro atoms. The van der Waals surface area contributed by atoms with Crippen molar-refractivity contribution in [1.82, 2.24) is 9.97 Å². The van der Waals surface area contributed by atoms with E-state index >= 15 is 0 Å². The summed E-state index contributed by atoms with van der Waals surface area (Å²) in [6.45, 7) is 1.96. The second kappa shape index (κ2) is 4.13. The monoisotopic (exact) mass is 204 g/mol. The molecular formula is C11H12N2O2. The molecule has 2 aromatic rings. The van der Waals surface area contributed by atoms with E-state index in [1.807, 2.05) is 6.92 Å². The molecule has 0 radical (unpaired) electrons. The standard InChI is InChI=1S/C11H12N2O2/c1-2-10-8(3-6-15-10)9(14)7-11-12-4-5-13-11/h3-6H,2,7H2,1H3,(H,12,13). The van der Waals surface area contributed by atoms with Gasteiger partial charge in [0.05, 0.1) is 18.2 Å². The first-order valence-electron chi connectivity index (χ1n) is 4.89. The van der Waals surface area contributed by atoms with E-state index in [9.17, 15) is 4.79 Å². The Morgan fingerprint density at radius 2 is 2.47 bits per heavy atom. The number of H-pyrrole nitrogens is 1. The van der Waals surface area contributed by atoms with Gasteiger partial charge in [0, 0.05) is 18.8 Å². The molecule has 2 rings (SSSR count). The zero-order valence-electron chi connectivity index (χ0n) is 8.49. The summed E-state index contributed by atoms with van der Waals surface area (Å²) in [7, 11) is 0. The van der Waals surface area contributed by atoms with E-state index in [-0.39, 0.29) is 5.78 Å². The molecule has 0 aliphatic rings. The molecule has 0 fully saturated rings. The van der Waals surface area contributed by atoms with Crippen LogP contribution >= 0.6 is 0 Å². The highest BCUT2D eigenvalue weighted by Gasteiger charge is 2.14. The largest absolute Gasteiger partial charge is 0.469 e. The fraction of sp³-hybridized carbons (Fsp3) is 0.273. The molecule has 0 saturated heterocycles. The summed E-state index contributed by atoms with van der Waals surface area (Å²) in [6.07, 6.45) is 5.91. The van der Waals surface area contributed by atoms with Crippen molar-refractivity contribution in [3.8, 4) is 0 Å². The SMILES string of the molecule is CCc1occc1C(=O)Cc1ncc[nH]1. The third-order valence-electron chi connectivity index (χ3n) is 2.25. The van der Waals surface area contributed by atoms with Gasteiger partial charge in [0.15, 0.2) is 5.78 Å². The van der Waals surface area contributed by atoms with Crippen LogP contribution in [0.15, 0.2) is 29.1 Å². The molecule has 15 heavy (non-hydrogen) atoms. The summed E-state index contributed by atoms with van der Waals surface area (Å²) in [6, 6.07) is 1.71. The van der Waals surface area contributed by atoms with Crippen molar-refractivity contribution in [2.45, 2.75) is 19.8 Å². The van der Waals surface area contributed by atoms with Gasteiger partial charge in [-0.1, -0.05) is 6.92 Å². The molecule has 78 valence electrons. The van der Waals surface area contributed by atoms with Gasteiger partial charge in [0.1, 0.15) is 11.6 Å². The Morgan fingerprint density at radius 1 is 1.60 bits per heavy atom. The Balaban J connectivity index is 2.15. The number of aromatic amines is 1. The number of hydrogen-bond acceptors (Lipinski definition) is 3. The topological polar surface area (TPSA) is 58.9 Å². The van der Waals surface area contributed by atoms with Gasteiger partial charge in [-0.2, -0.15) is 0 Å². The van der Waals surface area contributed by atoms with Gasteiger partial charge in [-0.25, -0.2) is 4.98 Å². The minimum atomic E-state index is 0.0375. The lowest BCUT2D eigenvalue weighted by molar-refractivity contribution is 0.0989. The first-order chi connectivity index (χ1) is 7.31. The fourth-order valence-corrected chi connectivity index (χ4v) is 1.50. The smallest absolute Gasteiger partial charge is 0.173 e. The summed E-state index contributed by atoms with van der Waals surface area (Å²) in [5, 5.41) is 0. The number of furan rings is 1. The maximum absolute atomic E-state index is 11.8. The van der Waals surface area contributed by atoms with E-state index in [4.69, 9.17) is 4.42 Å². The maximum atomic E-state index is 11.8. The van der Waals surface area contributed by atoms with E-state index in [2.05, 4.69) is 9.97 Å². The number of ketones is 1. The third kappa shape index (κ3) is 1.98. The minimum absolute atomic E-state index is 0.0375.